The summed E-state index contributed by atoms with van der Waals surface area (Å²) in [5.41, 5.74) is 1.44. The molecule has 2 N–H and O–H groups in total. The number of hydrogen-bond donors (Lipinski definition) is 2. The lowest BCUT2D eigenvalue weighted by Gasteiger charge is -2.22. The van der Waals surface area contributed by atoms with Gasteiger partial charge in [-0.25, -0.2) is 0 Å². The molecule has 2 aliphatic rings. The van der Waals surface area contributed by atoms with Gasteiger partial charge in [-0.3, -0.25) is 14.5 Å². The van der Waals surface area contributed by atoms with Crippen LogP contribution in [0.15, 0.2) is 11.6 Å². The second kappa shape index (κ2) is 7.59. The summed E-state index contributed by atoms with van der Waals surface area (Å²) >= 11 is 0. The molecule has 1 heterocycles. The van der Waals surface area contributed by atoms with Crippen LogP contribution < -0.4 is 5.32 Å². The molecule has 5 nitrogen and oxygen atoms in total. The van der Waals surface area contributed by atoms with Gasteiger partial charge in [0, 0.05) is 6.54 Å². The van der Waals surface area contributed by atoms with E-state index >= 15 is 0 Å². The molecule has 1 saturated heterocycles. The number of carbonyl (C=O) groups excluding carboxylic acids is 1. The highest BCUT2D eigenvalue weighted by molar-refractivity contribution is 5.80. The Hall–Kier alpha value is -1.36. The second-order valence-corrected chi connectivity index (χ2v) is 6.23. The Bertz CT molecular complexity index is 420. The lowest BCUT2D eigenvalue weighted by atomic mass is 9.97. The lowest BCUT2D eigenvalue weighted by molar-refractivity contribution is -0.143. The van der Waals surface area contributed by atoms with Crippen molar-refractivity contribution in [2.75, 3.05) is 19.6 Å². The summed E-state index contributed by atoms with van der Waals surface area (Å²) in [6.45, 7) is 3.48. The molecule has 0 aromatic carbocycles. The van der Waals surface area contributed by atoms with Gasteiger partial charge in [0.1, 0.15) is 6.04 Å². The fourth-order valence-corrected chi connectivity index (χ4v) is 3.34. The van der Waals surface area contributed by atoms with E-state index in [-0.39, 0.29) is 18.4 Å². The number of aliphatic carboxylic acids is 1. The van der Waals surface area contributed by atoms with Crippen molar-refractivity contribution in [1.29, 1.82) is 0 Å². The molecule has 0 aromatic rings. The smallest absolute Gasteiger partial charge is 0.321 e. The largest absolute Gasteiger partial charge is 0.480 e. The molecule has 2 atom stereocenters. The van der Waals surface area contributed by atoms with Crippen molar-refractivity contribution in [3.8, 4) is 0 Å². The maximum atomic E-state index is 12.0. The van der Waals surface area contributed by atoms with E-state index in [0.29, 0.717) is 13.1 Å². The van der Waals surface area contributed by atoms with Gasteiger partial charge in [-0.05, 0) is 51.0 Å². The second-order valence-electron chi connectivity index (χ2n) is 6.23. The molecular weight excluding hydrogens is 268 g/mol. The minimum Gasteiger partial charge on any atom is -0.480 e. The van der Waals surface area contributed by atoms with Gasteiger partial charge >= 0.3 is 5.97 Å². The first-order valence-electron chi connectivity index (χ1n) is 7.99. The number of carboxylic acid groups (broad SMARTS) is 1. The van der Waals surface area contributed by atoms with Crippen LogP contribution in [0.2, 0.25) is 0 Å². The molecule has 118 valence electrons. The van der Waals surface area contributed by atoms with E-state index in [1.54, 1.807) is 4.90 Å². The molecule has 1 aliphatic heterocycles. The zero-order valence-corrected chi connectivity index (χ0v) is 12.8. The van der Waals surface area contributed by atoms with E-state index in [0.717, 1.165) is 25.7 Å². The van der Waals surface area contributed by atoms with E-state index in [2.05, 4.69) is 11.4 Å². The predicted octanol–water partition coefficient (Wildman–Crippen LogP) is 1.79. The average molecular weight is 294 g/mol. The van der Waals surface area contributed by atoms with Crippen LogP contribution >= 0.6 is 0 Å². The fourth-order valence-electron chi connectivity index (χ4n) is 3.34. The van der Waals surface area contributed by atoms with Crippen LogP contribution in [0, 0.1) is 5.92 Å². The molecule has 1 fully saturated rings. The van der Waals surface area contributed by atoms with Gasteiger partial charge in [-0.15, -0.1) is 0 Å². The minimum atomic E-state index is -0.819. The molecular formula is C16H26N2O3. The van der Waals surface area contributed by atoms with Crippen molar-refractivity contribution in [3.63, 3.8) is 0 Å². The van der Waals surface area contributed by atoms with Crippen molar-refractivity contribution < 1.29 is 14.7 Å². The van der Waals surface area contributed by atoms with Gasteiger partial charge in [-0.1, -0.05) is 18.6 Å². The molecule has 2 rings (SSSR count). The van der Waals surface area contributed by atoms with Gasteiger partial charge in [0.05, 0.1) is 6.54 Å². The van der Waals surface area contributed by atoms with E-state index in [1.807, 2.05) is 6.92 Å². The van der Waals surface area contributed by atoms with Gasteiger partial charge in [0.2, 0.25) is 5.91 Å². The zero-order valence-electron chi connectivity index (χ0n) is 12.8. The van der Waals surface area contributed by atoms with E-state index in [9.17, 15) is 14.7 Å². The fraction of sp³-hybridized carbons (Fsp3) is 0.750. The number of nitrogens with one attached hydrogen (secondary N) is 1. The molecule has 21 heavy (non-hydrogen) atoms. The quantitative estimate of drug-likeness (QED) is 0.733. The topological polar surface area (TPSA) is 69.6 Å². The Morgan fingerprint density at radius 3 is 2.90 bits per heavy atom. The molecule has 0 spiro atoms. The van der Waals surface area contributed by atoms with Gasteiger partial charge in [0.25, 0.3) is 0 Å². The number of carbonyl (C=O) groups is 2. The molecule has 0 bridgehead atoms. The standard InChI is InChI=1S/C16H26N2O3/c1-12-8-10-18(15(12)16(20)21)11-14(19)17-9-7-13-5-3-2-4-6-13/h5,12,15H,2-4,6-11H2,1H3,(H,17,19)(H,20,21). The maximum absolute atomic E-state index is 12.0. The van der Waals surface area contributed by atoms with Crippen LogP contribution in [0.3, 0.4) is 0 Å². The monoisotopic (exact) mass is 294 g/mol. The van der Waals surface area contributed by atoms with Crippen molar-refractivity contribution in [1.82, 2.24) is 10.2 Å². The summed E-state index contributed by atoms with van der Waals surface area (Å²) in [5.74, 6) is -0.769. The highest BCUT2D eigenvalue weighted by Gasteiger charge is 2.37. The summed E-state index contributed by atoms with van der Waals surface area (Å²) in [5, 5.41) is 12.1. The van der Waals surface area contributed by atoms with Crippen LogP contribution in [0.25, 0.3) is 0 Å². The Balaban J connectivity index is 1.71. The maximum Gasteiger partial charge on any atom is 0.321 e. The van der Waals surface area contributed by atoms with Crippen molar-refractivity contribution in [3.05, 3.63) is 11.6 Å². The Labute approximate surface area is 126 Å². The summed E-state index contributed by atoms with van der Waals surface area (Å²) in [6, 6.07) is -0.517. The first kappa shape index (κ1) is 16.0. The zero-order chi connectivity index (χ0) is 15.2. The summed E-state index contributed by atoms with van der Waals surface area (Å²) < 4.78 is 0. The Kier molecular flexibility index (Phi) is 5.79. The van der Waals surface area contributed by atoms with Crippen LogP contribution in [0.4, 0.5) is 0 Å². The molecule has 0 aromatic heterocycles. The Morgan fingerprint density at radius 1 is 1.43 bits per heavy atom. The van der Waals surface area contributed by atoms with Crippen molar-refractivity contribution in [2.45, 2.75) is 51.5 Å². The Morgan fingerprint density at radius 2 is 2.24 bits per heavy atom. The molecule has 0 saturated carbocycles. The summed E-state index contributed by atoms with van der Waals surface area (Å²) in [6.07, 6.45) is 8.90. The third-order valence-electron chi connectivity index (χ3n) is 4.56. The molecule has 0 radical (unpaired) electrons. The molecule has 1 amide bonds. The third kappa shape index (κ3) is 4.56. The van der Waals surface area contributed by atoms with Crippen LogP contribution in [0.1, 0.15) is 45.4 Å². The molecule has 1 aliphatic carbocycles. The van der Waals surface area contributed by atoms with E-state index in [1.165, 1.54) is 18.4 Å². The number of allylic oxidation sites excluding steroid dienone is 1. The van der Waals surface area contributed by atoms with Crippen LogP contribution in [0.5, 0.6) is 0 Å². The minimum absolute atomic E-state index is 0.0632. The number of rotatable bonds is 6. The third-order valence-corrected chi connectivity index (χ3v) is 4.56. The normalized spacial score (nSPS) is 26.4. The first-order chi connectivity index (χ1) is 10.1. The first-order valence-corrected chi connectivity index (χ1v) is 7.99. The van der Waals surface area contributed by atoms with Crippen LogP contribution in [-0.4, -0.2) is 47.6 Å². The summed E-state index contributed by atoms with van der Waals surface area (Å²) in [7, 11) is 0. The van der Waals surface area contributed by atoms with E-state index < -0.39 is 12.0 Å². The SMILES string of the molecule is CC1CCN(CC(=O)NCCC2=CCCCC2)C1C(=O)O. The number of nitrogens with zero attached hydrogens (tertiary/aromatic N) is 1. The van der Waals surface area contributed by atoms with Crippen molar-refractivity contribution >= 4 is 11.9 Å². The highest BCUT2D eigenvalue weighted by Crippen LogP contribution is 2.23. The predicted molar refractivity (Wildman–Crippen MR) is 81.0 cm³/mol. The van der Waals surface area contributed by atoms with E-state index in [4.69, 9.17) is 0 Å². The average Bonchev–Trinajstić information content (AvgIpc) is 2.81. The summed E-state index contributed by atoms with van der Waals surface area (Å²) in [4.78, 5) is 25.0. The number of likely N-dealkylation sites (tertiary alicyclic amines) is 1. The lowest BCUT2D eigenvalue weighted by Crippen LogP contribution is -2.44. The highest BCUT2D eigenvalue weighted by atomic mass is 16.4. The molecule has 5 heteroatoms. The molecule has 2 unspecified atom stereocenters. The number of carboxylic acids is 1. The van der Waals surface area contributed by atoms with Gasteiger partial charge in [0.15, 0.2) is 0 Å². The van der Waals surface area contributed by atoms with Crippen LogP contribution in [-0.2, 0) is 9.59 Å². The number of hydrogen-bond acceptors (Lipinski definition) is 3. The van der Waals surface area contributed by atoms with Crippen molar-refractivity contribution in [2.24, 2.45) is 5.92 Å². The van der Waals surface area contributed by atoms with Gasteiger partial charge < -0.3 is 10.4 Å². The number of amides is 1. The van der Waals surface area contributed by atoms with Gasteiger partial charge in [-0.2, -0.15) is 0 Å².